The third kappa shape index (κ3) is 6.87. The van der Waals surface area contributed by atoms with E-state index in [-0.39, 0.29) is 29.6 Å². The van der Waals surface area contributed by atoms with E-state index >= 15 is 0 Å². The van der Waals surface area contributed by atoms with Gasteiger partial charge in [0.05, 0.1) is 12.2 Å². The van der Waals surface area contributed by atoms with Gasteiger partial charge in [-0.05, 0) is 39.5 Å². The van der Waals surface area contributed by atoms with E-state index in [1.54, 1.807) is 4.68 Å². The average Bonchev–Trinajstić information content (AvgIpc) is 2.53. The van der Waals surface area contributed by atoms with E-state index in [0.717, 1.165) is 11.3 Å². The summed E-state index contributed by atoms with van der Waals surface area (Å²) in [5.74, 6) is -0.0171. The summed E-state index contributed by atoms with van der Waals surface area (Å²) in [6.45, 7) is 8.99. The number of alkyl halides is 3. The first-order valence-corrected chi connectivity index (χ1v) is 7.04. The van der Waals surface area contributed by atoms with E-state index in [0.29, 0.717) is 6.54 Å². The van der Waals surface area contributed by atoms with Crippen LogP contribution in [0.4, 0.5) is 13.2 Å². The molecule has 1 aromatic rings. The van der Waals surface area contributed by atoms with Gasteiger partial charge in [0.1, 0.15) is 0 Å². The van der Waals surface area contributed by atoms with Gasteiger partial charge < -0.3 is 5.32 Å². The van der Waals surface area contributed by atoms with Crippen LogP contribution in [0.2, 0.25) is 0 Å². The topological polar surface area (TPSA) is 29.9 Å². The van der Waals surface area contributed by atoms with Crippen molar-refractivity contribution in [2.24, 2.45) is 0 Å². The zero-order chi connectivity index (χ0) is 14.7. The normalized spacial score (nSPS) is 13.0. The SMILES string of the molecule is Cc1nn(CCSC(F)(F)F)cc1CNC(C)(C)C. The van der Waals surface area contributed by atoms with Crippen LogP contribution in [0.3, 0.4) is 0 Å². The van der Waals surface area contributed by atoms with Crippen LogP contribution < -0.4 is 5.32 Å². The highest BCUT2D eigenvalue weighted by Crippen LogP contribution is 2.29. The second-order valence-electron chi connectivity index (χ2n) is 5.40. The maximum Gasteiger partial charge on any atom is 0.441 e. The Morgan fingerprint density at radius 1 is 1.32 bits per heavy atom. The number of aromatic nitrogens is 2. The largest absolute Gasteiger partial charge is 0.441 e. The van der Waals surface area contributed by atoms with Crippen molar-refractivity contribution >= 4 is 11.8 Å². The molecular weight excluding hydrogens is 275 g/mol. The molecule has 1 aromatic heterocycles. The van der Waals surface area contributed by atoms with Gasteiger partial charge in [-0.25, -0.2) is 0 Å². The quantitative estimate of drug-likeness (QED) is 0.903. The van der Waals surface area contributed by atoms with Crippen LogP contribution in [0.15, 0.2) is 6.20 Å². The lowest BCUT2D eigenvalue weighted by molar-refractivity contribution is -0.0328. The molecule has 0 bridgehead atoms. The Morgan fingerprint density at radius 2 is 1.95 bits per heavy atom. The fourth-order valence-corrected chi connectivity index (χ4v) is 1.97. The molecule has 3 nitrogen and oxygen atoms in total. The molecule has 0 aliphatic heterocycles. The first-order valence-electron chi connectivity index (χ1n) is 6.05. The molecule has 0 atom stereocenters. The lowest BCUT2D eigenvalue weighted by Crippen LogP contribution is -2.35. The molecule has 0 fully saturated rings. The minimum atomic E-state index is -4.17. The lowest BCUT2D eigenvalue weighted by Gasteiger charge is -2.20. The van der Waals surface area contributed by atoms with Gasteiger partial charge in [-0.3, -0.25) is 4.68 Å². The first-order chi connectivity index (χ1) is 8.57. The number of hydrogen-bond acceptors (Lipinski definition) is 3. The van der Waals surface area contributed by atoms with Crippen LogP contribution in [0.5, 0.6) is 0 Å². The molecule has 0 spiro atoms. The van der Waals surface area contributed by atoms with Crippen molar-refractivity contribution in [3.8, 4) is 0 Å². The van der Waals surface area contributed by atoms with E-state index in [4.69, 9.17) is 0 Å². The number of rotatable bonds is 5. The summed E-state index contributed by atoms with van der Waals surface area (Å²) in [7, 11) is 0. The second kappa shape index (κ2) is 6.17. The molecule has 19 heavy (non-hydrogen) atoms. The Labute approximate surface area is 115 Å². The Hall–Kier alpha value is -0.690. The standard InChI is InChI=1S/C12H20F3N3S/c1-9-10(7-16-11(2,3)4)8-18(17-9)5-6-19-12(13,14)15/h8,16H,5-7H2,1-4H3. The van der Waals surface area contributed by atoms with Gasteiger partial charge >= 0.3 is 5.51 Å². The number of nitrogens with zero attached hydrogens (tertiary/aromatic N) is 2. The second-order valence-corrected chi connectivity index (χ2v) is 6.56. The van der Waals surface area contributed by atoms with Crippen molar-refractivity contribution < 1.29 is 13.2 Å². The molecule has 0 saturated heterocycles. The van der Waals surface area contributed by atoms with Crippen LogP contribution in [0.1, 0.15) is 32.0 Å². The Kier molecular flexibility index (Phi) is 5.32. The van der Waals surface area contributed by atoms with Gasteiger partial charge in [-0.15, -0.1) is 0 Å². The van der Waals surface area contributed by atoms with E-state index < -0.39 is 5.51 Å². The molecule has 0 aliphatic rings. The molecule has 0 aromatic carbocycles. The number of hydrogen-bond donors (Lipinski definition) is 1. The minimum Gasteiger partial charge on any atom is -0.308 e. The average molecular weight is 295 g/mol. The highest BCUT2D eigenvalue weighted by Gasteiger charge is 2.27. The maximum atomic E-state index is 12.0. The Balaban J connectivity index is 2.50. The van der Waals surface area contributed by atoms with Gasteiger partial charge in [0.2, 0.25) is 0 Å². The summed E-state index contributed by atoms with van der Waals surface area (Å²) < 4.78 is 37.6. The highest BCUT2D eigenvalue weighted by molar-refractivity contribution is 8.00. The number of aryl methyl sites for hydroxylation is 2. The Bertz CT molecular complexity index is 407. The van der Waals surface area contributed by atoms with Gasteiger partial charge in [0, 0.05) is 29.6 Å². The van der Waals surface area contributed by atoms with Crippen LogP contribution in [0, 0.1) is 6.92 Å². The smallest absolute Gasteiger partial charge is 0.308 e. The van der Waals surface area contributed by atoms with Gasteiger partial charge in [-0.2, -0.15) is 18.3 Å². The van der Waals surface area contributed by atoms with Crippen molar-refractivity contribution in [1.29, 1.82) is 0 Å². The fourth-order valence-electron chi connectivity index (χ4n) is 1.46. The van der Waals surface area contributed by atoms with E-state index in [1.807, 2.05) is 13.1 Å². The third-order valence-electron chi connectivity index (χ3n) is 2.44. The summed E-state index contributed by atoms with van der Waals surface area (Å²) in [4.78, 5) is 0. The van der Waals surface area contributed by atoms with Gasteiger partial charge in [0.15, 0.2) is 0 Å². The van der Waals surface area contributed by atoms with Crippen LogP contribution in [-0.4, -0.2) is 26.6 Å². The minimum absolute atomic E-state index is 0.000671. The predicted octanol–water partition coefficient (Wildman–Crippen LogP) is 3.33. The van der Waals surface area contributed by atoms with E-state index in [2.05, 4.69) is 31.2 Å². The maximum absolute atomic E-state index is 12.0. The summed E-state index contributed by atoms with van der Waals surface area (Å²) >= 11 is -0.0153. The molecule has 1 N–H and O–H groups in total. The zero-order valence-electron chi connectivity index (χ0n) is 11.6. The molecule has 1 heterocycles. The van der Waals surface area contributed by atoms with Crippen molar-refractivity contribution in [1.82, 2.24) is 15.1 Å². The molecule has 0 radical (unpaired) electrons. The van der Waals surface area contributed by atoms with Crippen LogP contribution in [-0.2, 0) is 13.1 Å². The van der Waals surface area contributed by atoms with Crippen LogP contribution >= 0.6 is 11.8 Å². The van der Waals surface area contributed by atoms with Crippen molar-refractivity contribution in [3.63, 3.8) is 0 Å². The predicted molar refractivity (Wildman–Crippen MR) is 72.1 cm³/mol. The lowest BCUT2D eigenvalue weighted by atomic mass is 10.1. The molecule has 110 valence electrons. The van der Waals surface area contributed by atoms with Crippen molar-refractivity contribution in [3.05, 3.63) is 17.5 Å². The molecular formula is C12H20F3N3S. The molecule has 0 saturated carbocycles. The Morgan fingerprint density at radius 3 is 2.47 bits per heavy atom. The molecule has 0 aliphatic carbocycles. The molecule has 0 unspecified atom stereocenters. The zero-order valence-corrected chi connectivity index (χ0v) is 12.5. The van der Waals surface area contributed by atoms with Crippen molar-refractivity contribution in [2.45, 2.75) is 51.8 Å². The number of halogens is 3. The fraction of sp³-hybridized carbons (Fsp3) is 0.750. The summed E-state index contributed by atoms with van der Waals surface area (Å²) in [6.07, 6.45) is 1.81. The summed E-state index contributed by atoms with van der Waals surface area (Å²) in [6, 6.07) is 0. The molecule has 7 heteroatoms. The van der Waals surface area contributed by atoms with Crippen LogP contribution in [0.25, 0.3) is 0 Å². The third-order valence-corrected chi connectivity index (χ3v) is 3.16. The van der Waals surface area contributed by atoms with Crippen molar-refractivity contribution in [2.75, 3.05) is 5.75 Å². The van der Waals surface area contributed by atoms with E-state index in [9.17, 15) is 13.2 Å². The highest BCUT2D eigenvalue weighted by atomic mass is 32.2. The summed E-state index contributed by atoms with van der Waals surface area (Å²) in [5, 5.41) is 7.56. The first kappa shape index (κ1) is 16.4. The van der Waals surface area contributed by atoms with Gasteiger partial charge in [-0.1, -0.05) is 0 Å². The van der Waals surface area contributed by atoms with E-state index in [1.165, 1.54) is 0 Å². The number of nitrogens with one attached hydrogen (secondary N) is 1. The molecule has 0 amide bonds. The molecule has 1 rings (SSSR count). The summed E-state index contributed by atoms with van der Waals surface area (Å²) in [5.41, 5.74) is -2.29. The monoisotopic (exact) mass is 295 g/mol. The number of thioether (sulfide) groups is 1. The van der Waals surface area contributed by atoms with Gasteiger partial charge in [0.25, 0.3) is 0 Å².